The Balaban J connectivity index is 1.61. The van der Waals surface area contributed by atoms with E-state index in [0.717, 1.165) is 63.3 Å². The predicted molar refractivity (Wildman–Crippen MR) is 85.7 cm³/mol. The van der Waals surface area contributed by atoms with E-state index in [4.69, 9.17) is 14.5 Å². The Morgan fingerprint density at radius 2 is 1.57 bits per heavy atom. The Bertz CT molecular complexity index is 602. The molecule has 0 spiro atoms. The topological polar surface area (TPSA) is 37.8 Å². The van der Waals surface area contributed by atoms with Crippen LogP contribution in [0.3, 0.4) is 0 Å². The SMILES string of the molecule is c1cc2nc(N3CCOCC3)sc2cc1N1CCOCC1. The van der Waals surface area contributed by atoms with Crippen LogP contribution in [0, 0.1) is 0 Å². The van der Waals surface area contributed by atoms with E-state index < -0.39 is 0 Å². The fraction of sp³-hybridized carbons (Fsp3) is 0.533. The van der Waals surface area contributed by atoms with E-state index in [2.05, 4.69) is 28.0 Å². The maximum absolute atomic E-state index is 5.42. The minimum absolute atomic E-state index is 0.801. The van der Waals surface area contributed by atoms with Crippen molar-refractivity contribution in [1.29, 1.82) is 0 Å². The van der Waals surface area contributed by atoms with Crippen LogP contribution in [-0.4, -0.2) is 57.6 Å². The van der Waals surface area contributed by atoms with Gasteiger partial charge in [-0.25, -0.2) is 4.98 Å². The lowest BCUT2D eigenvalue weighted by Gasteiger charge is -2.28. The second-order valence-electron chi connectivity index (χ2n) is 5.35. The molecule has 0 aliphatic carbocycles. The number of rotatable bonds is 2. The summed E-state index contributed by atoms with van der Waals surface area (Å²) in [6.07, 6.45) is 0. The molecule has 2 fully saturated rings. The number of nitrogens with zero attached hydrogens (tertiary/aromatic N) is 3. The maximum atomic E-state index is 5.42. The number of thiazole rings is 1. The van der Waals surface area contributed by atoms with Crippen molar-refractivity contribution in [3.63, 3.8) is 0 Å². The lowest BCUT2D eigenvalue weighted by atomic mass is 10.2. The fourth-order valence-electron chi connectivity index (χ4n) is 2.81. The quantitative estimate of drug-likeness (QED) is 0.848. The van der Waals surface area contributed by atoms with Gasteiger partial charge in [-0.05, 0) is 18.2 Å². The van der Waals surface area contributed by atoms with Gasteiger partial charge in [0.25, 0.3) is 0 Å². The molecule has 1 aromatic carbocycles. The van der Waals surface area contributed by atoms with Crippen LogP contribution in [0.2, 0.25) is 0 Å². The summed E-state index contributed by atoms with van der Waals surface area (Å²) in [7, 11) is 0. The number of hydrogen-bond donors (Lipinski definition) is 0. The molecule has 0 unspecified atom stereocenters. The van der Waals surface area contributed by atoms with Crippen LogP contribution in [0.1, 0.15) is 0 Å². The van der Waals surface area contributed by atoms with Gasteiger partial charge >= 0.3 is 0 Å². The van der Waals surface area contributed by atoms with Gasteiger partial charge in [0.1, 0.15) is 0 Å². The van der Waals surface area contributed by atoms with Gasteiger partial charge in [0.05, 0.1) is 36.6 Å². The number of aromatic nitrogens is 1. The molecule has 2 aliphatic rings. The van der Waals surface area contributed by atoms with Crippen LogP contribution in [0.4, 0.5) is 10.8 Å². The minimum atomic E-state index is 0.801. The fourth-order valence-corrected chi connectivity index (χ4v) is 3.86. The van der Waals surface area contributed by atoms with Crippen molar-refractivity contribution < 1.29 is 9.47 Å². The maximum Gasteiger partial charge on any atom is 0.186 e. The molecule has 2 saturated heterocycles. The summed E-state index contributed by atoms with van der Waals surface area (Å²) in [5.74, 6) is 0. The summed E-state index contributed by atoms with van der Waals surface area (Å²) < 4.78 is 12.1. The first-order valence-corrected chi connectivity index (χ1v) is 8.28. The normalized spacial score (nSPS) is 20.2. The third-order valence-corrected chi connectivity index (χ3v) is 5.10. The second-order valence-corrected chi connectivity index (χ2v) is 6.36. The van der Waals surface area contributed by atoms with Crippen molar-refractivity contribution in [3.05, 3.63) is 18.2 Å². The lowest BCUT2D eigenvalue weighted by Crippen LogP contribution is -2.36. The Morgan fingerprint density at radius 3 is 2.29 bits per heavy atom. The molecule has 0 N–H and O–H groups in total. The highest BCUT2D eigenvalue weighted by Gasteiger charge is 2.17. The van der Waals surface area contributed by atoms with Crippen LogP contribution < -0.4 is 9.80 Å². The highest BCUT2D eigenvalue weighted by molar-refractivity contribution is 7.22. The number of benzene rings is 1. The molecule has 0 radical (unpaired) electrons. The van der Waals surface area contributed by atoms with Gasteiger partial charge in [0.15, 0.2) is 5.13 Å². The molecular weight excluding hydrogens is 286 g/mol. The predicted octanol–water partition coefficient (Wildman–Crippen LogP) is 1.97. The standard InChI is InChI=1S/C15H19N3O2S/c1-2-13-14(11-12(1)17-3-7-19-8-4-17)21-15(16-13)18-5-9-20-10-6-18/h1-2,11H,3-10H2. The molecule has 2 aliphatic heterocycles. The van der Waals surface area contributed by atoms with E-state index in [9.17, 15) is 0 Å². The first kappa shape index (κ1) is 13.3. The molecule has 0 atom stereocenters. The van der Waals surface area contributed by atoms with Crippen LogP contribution >= 0.6 is 11.3 Å². The van der Waals surface area contributed by atoms with Gasteiger partial charge in [-0.1, -0.05) is 11.3 Å². The summed E-state index contributed by atoms with van der Waals surface area (Å²) in [4.78, 5) is 9.48. The van der Waals surface area contributed by atoms with Gasteiger partial charge in [-0.2, -0.15) is 0 Å². The molecule has 21 heavy (non-hydrogen) atoms. The van der Waals surface area contributed by atoms with Gasteiger partial charge in [-0.15, -0.1) is 0 Å². The van der Waals surface area contributed by atoms with E-state index in [1.54, 1.807) is 11.3 Å². The van der Waals surface area contributed by atoms with Crippen molar-refractivity contribution in [3.8, 4) is 0 Å². The molecule has 6 heteroatoms. The summed E-state index contributed by atoms with van der Waals surface area (Å²) in [5, 5.41) is 1.12. The molecular formula is C15H19N3O2S. The first-order chi connectivity index (χ1) is 10.4. The minimum Gasteiger partial charge on any atom is -0.378 e. The molecule has 4 rings (SSSR count). The highest BCUT2D eigenvalue weighted by Crippen LogP contribution is 2.32. The van der Waals surface area contributed by atoms with Crippen LogP contribution in [0.15, 0.2) is 18.2 Å². The number of anilines is 2. The summed E-state index contributed by atoms with van der Waals surface area (Å²) in [6, 6.07) is 6.58. The average molecular weight is 305 g/mol. The van der Waals surface area contributed by atoms with Crippen molar-refractivity contribution in [2.75, 3.05) is 62.4 Å². The van der Waals surface area contributed by atoms with Crippen molar-refractivity contribution in [2.24, 2.45) is 0 Å². The third-order valence-electron chi connectivity index (χ3n) is 4.02. The zero-order chi connectivity index (χ0) is 14.1. The van der Waals surface area contributed by atoms with Crippen molar-refractivity contribution in [1.82, 2.24) is 4.98 Å². The van der Waals surface area contributed by atoms with Crippen LogP contribution in [0.5, 0.6) is 0 Å². The van der Waals surface area contributed by atoms with Gasteiger partial charge in [0, 0.05) is 31.9 Å². The summed E-state index contributed by atoms with van der Waals surface area (Å²) in [5.41, 5.74) is 2.38. The van der Waals surface area contributed by atoms with Crippen molar-refractivity contribution in [2.45, 2.75) is 0 Å². The molecule has 112 valence electrons. The molecule has 0 bridgehead atoms. The average Bonchev–Trinajstić information content (AvgIpc) is 2.99. The van der Waals surface area contributed by atoms with Gasteiger partial charge in [-0.3, -0.25) is 0 Å². The van der Waals surface area contributed by atoms with Gasteiger partial charge in [0.2, 0.25) is 0 Å². The first-order valence-electron chi connectivity index (χ1n) is 7.46. The molecule has 3 heterocycles. The Labute approximate surface area is 128 Å². The Kier molecular flexibility index (Phi) is 3.67. The van der Waals surface area contributed by atoms with E-state index in [1.165, 1.54) is 10.4 Å². The number of morpholine rings is 2. The monoisotopic (exact) mass is 305 g/mol. The van der Waals surface area contributed by atoms with Crippen molar-refractivity contribution >= 4 is 32.4 Å². The smallest absolute Gasteiger partial charge is 0.186 e. The van der Waals surface area contributed by atoms with E-state index >= 15 is 0 Å². The number of ether oxygens (including phenoxy) is 2. The van der Waals surface area contributed by atoms with E-state index in [0.29, 0.717) is 0 Å². The summed E-state index contributed by atoms with van der Waals surface area (Å²) >= 11 is 1.78. The van der Waals surface area contributed by atoms with Gasteiger partial charge < -0.3 is 19.3 Å². The largest absolute Gasteiger partial charge is 0.378 e. The Hall–Kier alpha value is -1.37. The molecule has 2 aromatic rings. The lowest BCUT2D eigenvalue weighted by molar-refractivity contribution is 0.122. The third kappa shape index (κ3) is 2.71. The zero-order valence-corrected chi connectivity index (χ0v) is 12.8. The second kappa shape index (κ2) is 5.79. The van der Waals surface area contributed by atoms with E-state index in [1.807, 2.05) is 0 Å². The Morgan fingerprint density at radius 1 is 0.905 bits per heavy atom. The highest BCUT2D eigenvalue weighted by atomic mass is 32.1. The molecule has 5 nitrogen and oxygen atoms in total. The number of hydrogen-bond acceptors (Lipinski definition) is 6. The number of fused-ring (bicyclic) bond motifs is 1. The zero-order valence-electron chi connectivity index (χ0n) is 12.0. The molecule has 0 amide bonds. The summed E-state index contributed by atoms with van der Waals surface area (Å²) in [6.45, 7) is 7.07. The molecule has 1 aromatic heterocycles. The van der Waals surface area contributed by atoms with Crippen LogP contribution in [0.25, 0.3) is 10.2 Å². The molecule has 0 saturated carbocycles. The van der Waals surface area contributed by atoms with E-state index in [-0.39, 0.29) is 0 Å². The van der Waals surface area contributed by atoms with Crippen LogP contribution in [-0.2, 0) is 9.47 Å².